The maximum absolute atomic E-state index is 11.0. The molecule has 0 aromatic rings. The summed E-state index contributed by atoms with van der Waals surface area (Å²) in [6, 6.07) is 0. The first kappa shape index (κ1) is 46.0. The molecule has 0 saturated carbocycles. The minimum absolute atomic E-state index is 0. The molecule has 0 aromatic heterocycles. The summed E-state index contributed by atoms with van der Waals surface area (Å²) in [5.74, 6) is 0.197. The Morgan fingerprint density at radius 2 is 0.628 bits per heavy atom. The smallest absolute Gasteiger partial charge is 0.726 e. The first-order valence-corrected chi connectivity index (χ1v) is 20.4. The van der Waals surface area contributed by atoms with E-state index in [1.54, 1.807) is 0 Å². The molecule has 0 aliphatic carbocycles. The maximum atomic E-state index is 11.0. The summed E-state index contributed by atoms with van der Waals surface area (Å²) >= 11 is 0. The predicted molar refractivity (Wildman–Crippen MR) is 183 cm³/mol. The summed E-state index contributed by atoms with van der Waals surface area (Å²) in [6.45, 7) is 4.63. The zero-order valence-electron chi connectivity index (χ0n) is 29.7. The van der Waals surface area contributed by atoms with Gasteiger partial charge in [-0.25, -0.2) is 8.42 Å². The van der Waals surface area contributed by atoms with Crippen molar-refractivity contribution in [2.45, 2.75) is 226 Å². The summed E-state index contributed by atoms with van der Waals surface area (Å²) in [5, 5.41) is 0. The molecule has 0 rings (SSSR count). The largest absolute Gasteiger partial charge is 1.00 e. The zero-order chi connectivity index (χ0) is 30.8. The summed E-state index contributed by atoms with van der Waals surface area (Å²) in [7, 11) is -4.59. The van der Waals surface area contributed by atoms with E-state index in [4.69, 9.17) is 0 Å². The number of rotatable bonds is 36. The molecule has 1 atom stereocenters. The second-order valence-electron chi connectivity index (χ2n) is 13.4. The molecule has 0 N–H and O–H groups in total. The van der Waals surface area contributed by atoms with Crippen LogP contribution in [0.1, 0.15) is 226 Å². The van der Waals surface area contributed by atoms with Crippen molar-refractivity contribution in [3.8, 4) is 0 Å². The van der Waals surface area contributed by atoms with E-state index in [1.807, 2.05) is 0 Å². The summed E-state index contributed by atoms with van der Waals surface area (Å²) in [6.07, 6.45) is 43.9. The van der Waals surface area contributed by atoms with Crippen molar-refractivity contribution in [1.29, 1.82) is 0 Å². The average Bonchev–Trinajstić information content (AvgIpc) is 2.96. The topological polar surface area (TPSA) is 66.4 Å². The normalized spacial score (nSPS) is 12.4. The third kappa shape index (κ3) is 40.8. The van der Waals surface area contributed by atoms with E-state index in [1.165, 1.54) is 186 Å². The molecule has 0 heterocycles. The molecule has 254 valence electrons. The van der Waals surface area contributed by atoms with Gasteiger partial charge in [0.25, 0.3) is 0 Å². The van der Waals surface area contributed by atoms with Gasteiger partial charge in [-0.15, -0.1) is 0 Å². The minimum Gasteiger partial charge on any atom is -0.726 e. The van der Waals surface area contributed by atoms with Crippen molar-refractivity contribution >= 4 is 10.4 Å². The van der Waals surface area contributed by atoms with Crippen molar-refractivity contribution in [3.05, 3.63) is 0 Å². The molecule has 0 radical (unpaired) electrons. The molecule has 43 heavy (non-hydrogen) atoms. The molecule has 0 bridgehead atoms. The van der Waals surface area contributed by atoms with Crippen molar-refractivity contribution in [2.24, 2.45) is 5.92 Å². The van der Waals surface area contributed by atoms with Gasteiger partial charge < -0.3 is 4.55 Å². The van der Waals surface area contributed by atoms with Crippen LogP contribution in [0.4, 0.5) is 0 Å². The maximum Gasteiger partial charge on any atom is 1.00 e. The van der Waals surface area contributed by atoms with Gasteiger partial charge in [0.05, 0.1) is 6.61 Å². The van der Waals surface area contributed by atoms with Crippen LogP contribution >= 0.6 is 0 Å². The molecule has 4 nitrogen and oxygen atoms in total. The third-order valence-electron chi connectivity index (χ3n) is 9.13. The summed E-state index contributed by atoms with van der Waals surface area (Å²) < 4.78 is 37.6. The van der Waals surface area contributed by atoms with Crippen molar-refractivity contribution < 1.29 is 46.7 Å². The Hall–Kier alpha value is 0.870. The van der Waals surface area contributed by atoms with Crippen LogP contribution in [0.5, 0.6) is 0 Å². The molecule has 0 aliphatic heterocycles. The molecule has 0 aromatic carbocycles. The Morgan fingerprint density at radius 3 is 0.837 bits per heavy atom. The zero-order valence-corrected chi connectivity index (χ0v) is 32.5. The molecule has 0 saturated heterocycles. The molecular weight excluding hydrogens is 563 g/mol. The van der Waals surface area contributed by atoms with Crippen molar-refractivity contribution in [3.63, 3.8) is 0 Å². The van der Waals surface area contributed by atoms with E-state index in [-0.39, 0.29) is 42.1 Å². The van der Waals surface area contributed by atoms with Gasteiger partial charge in [0.15, 0.2) is 0 Å². The molecule has 0 aliphatic rings. The Labute approximate surface area is 293 Å². The molecular formula is C37H75NaO4S. The number of unbranched alkanes of at least 4 members (excludes halogenated alkanes) is 29. The van der Waals surface area contributed by atoms with Crippen molar-refractivity contribution in [2.75, 3.05) is 6.61 Å². The van der Waals surface area contributed by atoms with Gasteiger partial charge >= 0.3 is 29.6 Å². The molecule has 0 fully saturated rings. The van der Waals surface area contributed by atoms with Gasteiger partial charge in [0.1, 0.15) is 0 Å². The van der Waals surface area contributed by atoms with Gasteiger partial charge in [0.2, 0.25) is 10.4 Å². The van der Waals surface area contributed by atoms with E-state index < -0.39 is 10.4 Å². The second-order valence-corrected chi connectivity index (χ2v) is 14.4. The second kappa shape index (κ2) is 37.3. The summed E-state index contributed by atoms with van der Waals surface area (Å²) in [4.78, 5) is 0. The van der Waals surface area contributed by atoms with E-state index in [0.717, 1.165) is 25.7 Å². The van der Waals surface area contributed by atoms with E-state index >= 15 is 0 Å². The fourth-order valence-corrected chi connectivity index (χ4v) is 6.64. The monoisotopic (exact) mass is 639 g/mol. The summed E-state index contributed by atoms with van der Waals surface area (Å²) in [5.41, 5.74) is 0. The molecule has 0 spiro atoms. The van der Waals surface area contributed by atoms with Crippen LogP contribution in [-0.4, -0.2) is 19.6 Å². The molecule has 0 amide bonds. The Kier molecular flexibility index (Phi) is 39.9. The fraction of sp³-hybridized carbons (Fsp3) is 1.00. The van der Waals surface area contributed by atoms with Crippen LogP contribution in [0.2, 0.25) is 0 Å². The van der Waals surface area contributed by atoms with Crippen LogP contribution in [0, 0.1) is 5.92 Å². The Morgan fingerprint density at radius 1 is 0.419 bits per heavy atom. The van der Waals surface area contributed by atoms with Crippen LogP contribution in [0.3, 0.4) is 0 Å². The number of hydrogen-bond donors (Lipinski definition) is 0. The Balaban J connectivity index is 0. The fourth-order valence-electron chi connectivity index (χ4n) is 6.28. The first-order chi connectivity index (χ1) is 20.5. The van der Waals surface area contributed by atoms with Gasteiger partial charge in [-0.2, -0.15) is 0 Å². The molecule has 1 unspecified atom stereocenters. The van der Waals surface area contributed by atoms with Crippen LogP contribution in [-0.2, 0) is 14.6 Å². The standard InChI is InChI=1S/C37H76O4S.Na/c1-3-5-7-9-11-13-15-17-18-19-20-21-23-25-27-29-31-33-35-37(36-41-42(38,39)40)34-32-30-28-26-24-22-16-14-12-10-8-6-4-2;/h37H,3-36H2,1-2H3,(H,38,39,40);/q;+1/p-1. The van der Waals surface area contributed by atoms with Crippen molar-refractivity contribution in [1.82, 2.24) is 0 Å². The van der Waals surface area contributed by atoms with Gasteiger partial charge in [-0.1, -0.05) is 213 Å². The Bertz CT molecular complexity index is 614. The van der Waals surface area contributed by atoms with Crippen LogP contribution in [0.15, 0.2) is 0 Å². The van der Waals surface area contributed by atoms with Crippen LogP contribution in [0.25, 0.3) is 0 Å². The van der Waals surface area contributed by atoms with E-state index in [9.17, 15) is 13.0 Å². The van der Waals surface area contributed by atoms with E-state index in [2.05, 4.69) is 18.0 Å². The number of hydrogen-bond acceptors (Lipinski definition) is 4. The van der Waals surface area contributed by atoms with Crippen LogP contribution < -0.4 is 29.6 Å². The predicted octanol–water partition coefficient (Wildman–Crippen LogP) is 10.00. The third-order valence-corrected chi connectivity index (χ3v) is 9.55. The average molecular weight is 639 g/mol. The quantitative estimate of drug-likeness (QED) is 0.0296. The SMILES string of the molecule is CCCCCCCCCCCCCCCCCCCCC(CCCCCCCCCCCCCCC)COS(=O)(=O)[O-].[Na+]. The van der Waals surface area contributed by atoms with E-state index in [0.29, 0.717) is 0 Å². The van der Waals surface area contributed by atoms with Gasteiger partial charge in [-0.05, 0) is 18.8 Å². The molecule has 6 heteroatoms. The van der Waals surface area contributed by atoms with Gasteiger partial charge in [-0.3, -0.25) is 4.18 Å². The van der Waals surface area contributed by atoms with Gasteiger partial charge in [0, 0.05) is 0 Å². The minimum atomic E-state index is -4.59. The first-order valence-electron chi connectivity index (χ1n) is 19.1.